The van der Waals surface area contributed by atoms with Gasteiger partial charge in [-0.3, -0.25) is 4.79 Å². The highest BCUT2D eigenvalue weighted by Crippen LogP contribution is 2.32. The molecule has 3 rings (SSSR count). The van der Waals surface area contributed by atoms with Crippen LogP contribution in [0.1, 0.15) is 27.2 Å². The molecule has 0 aliphatic rings. The first kappa shape index (κ1) is 22.2. The van der Waals surface area contributed by atoms with Crippen molar-refractivity contribution < 1.29 is 23.7 Å². The van der Waals surface area contributed by atoms with E-state index in [9.17, 15) is 4.79 Å². The summed E-state index contributed by atoms with van der Waals surface area (Å²) >= 11 is 0. The van der Waals surface area contributed by atoms with Gasteiger partial charge in [-0.2, -0.15) is 0 Å². The summed E-state index contributed by atoms with van der Waals surface area (Å²) in [6.45, 7) is 2.66. The molecule has 0 aliphatic carbocycles. The highest BCUT2D eigenvalue weighted by molar-refractivity contribution is 6.08. The summed E-state index contributed by atoms with van der Waals surface area (Å²) in [6.07, 6.45) is 5.91. The highest BCUT2D eigenvalue weighted by Gasteiger charge is 2.15. The van der Waals surface area contributed by atoms with Gasteiger partial charge in [0, 0.05) is 31.0 Å². The van der Waals surface area contributed by atoms with Crippen molar-refractivity contribution in [2.45, 2.75) is 13.5 Å². The Morgan fingerprint density at radius 1 is 1.03 bits per heavy atom. The molecular weight excluding hydrogens is 394 g/mol. The van der Waals surface area contributed by atoms with Crippen molar-refractivity contribution >= 4 is 11.9 Å². The Morgan fingerprint density at radius 2 is 1.81 bits per heavy atom. The number of hydrogen-bond donors (Lipinski definition) is 0. The summed E-state index contributed by atoms with van der Waals surface area (Å²) in [5.41, 5.74) is 3.16. The van der Waals surface area contributed by atoms with Gasteiger partial charge in [0.1, 0.15) is 5.75 Å². The normalized spacial score (nSPS) is 11.0. The number of aromatic nitrogens is 1. The van der Waals surface area contributed by atoms with E-state index in [1.54, 1.807) is 45.6 Å². The Labute approximate surface area is 182 Å². The molecule has 0 N–H and O–H groups in total. The third kappa shape index (κ3) is 5.35. The van der Waals surface area contributed by atoms with Gasteiger partial charge in [0.15, 0.2) is 18.3 Å². The minimum atomic E-state index is -0.0308. The maximum atomic E-state index is 13.0. The number of ketones is 1. The van der Waals surface area contributed by atoms with Gasteiger partial charge in [0.2, 0.25) is 5.78 Å². The molecule has 0 unspecified atom stereocenters. The van der Waals surface area contributed by atoms with E-state index < -0.39 is 0 Å². The maximum absolute atomic E-state index is 13.0. The van der Waals surface area contributed by atoms with E-state index in [0.29, 0.717) is 29.3 Å². The number of carbonyl (C=O) groups excluding carboxylic acids is 1. The Kier molecular flexibility index (Phi) is 7.51. The molecule has 0 aliphatic heterocycles. The van der Waals surface area contributed by atoms with Gasteiger partial charge >= 0.3 is 0 Å². The minimum Gasteiger partial charge on any atom is -0.497 e. The summed E-state index contributed by atoms with van der Waals surface area (Å²) in [5, 5.41) is 0. The molecule has 0 saturated heterocycles. The lowest BCUT2D eigenvalue weighted by Gasteiger charge is -2.12. The van der Waals surface area contributed by atoms with Crippen molar-refractivity contribution in [1.82, 2.24) is 4.57 Å². The van der Waals surface area contributed by atoms with Crippen molar-refractivity contribution in [3.8, 4) is 17.2 Å². The third-order valence-corrected chi connectivity index (χ3v) is 4.76. The fraction of sp³-hybridized carbons (Fsp3) is 0.240. The van der Waals surface area contributed by atoms with Crippen LogP contribution in [0.3, 0.4) is 0 Å². The number of nitrogens with zero attached hydrogens (tertiary/aromatic N) is 1. The second kappa shape index (κ2) is 10.5. The lowest BCUT2D eigenvalue weighted by Crippen LogP contribution is -2.09. The molecule has 2 aromatic carbocycles. The van der Waals surface area contributed by atoms with Crippen molar-refractivity contribution in [3.05, 3.63) is 83.2 Å². The molecule has 6 heteroatoms. The molecule has 0 atom stereocenters. The fourth-order valence-electron chi connectivity index (χ4n) is 3.30. The number of para-hydroxylation sites is 1. The predicted octanol–water partition coefficient (Wildman–Crippen LogP) is 4.74. The smallest absolute Gasteiger partial charge is 0.209 e. The van der Waals surface area contributed by atoms with Crippen molar-refractivity contribution in [1.29, 1.82) is 0 Å². The number of allylic oxidation sites excluding steroid dienone is 1. The average molecular weight is 421 g/mol. The summed E-state index contributed by atoms with van der Waals surface area (Å²) in [4.78, 5) is 13.0. The second-order valence-corrected chi connectivity index (χ2v) is 6.94. The molecule has 162 valence electrons. The van der Waals surface area contributed by atoms with Crippen LogP contribution < -0.4 is 14.2 Å². The summed E-state index contributed by atoms with van der Waals surface area (Å²) in [7, 11) is 4.78. The lowest BCUT2D eigenvalue weighted by atomic mass is 10.1. The van der Waals surface area contributed by atoms with Crippen LogP contribution in [-0.4, -0.2) is 38.5 Å². The van der Waals surface area contributed by atoms with Crippen LogP contribution in [0.15, 0.2) is 60.8 Å². The topological polar surface area (TPSA) is 58.9 Å². The van der Waals surface area contributed by atoms with Crippen LogP contribution in [0.5, 0.6) is 17.2 Å². The van der Waals surface area contributed by atoms with Crippen molar-refractivity contribution in [3.63, 3.8) is 0 Å². The summed E-state index contributed by atoms with van der Waals surface area (Å²) in [6, 6.07) is 14.7. The van der Waals surface area contributed by atoms with E-state index in [2.05, 4.69) is 0 Å². The molecule has 6 nitrogen and oxygen atoms in total. The van der Waals surface area contributed by atoms with Crippen LogP contribution in [0.2, 0.25) is 0 Å². The lowest BCUT2D eigenvalue weighted by molar-refractivity contribution is 0.0491. The number of aryl methyl sites for hydroxylation is 1. The Morgan fingerprint density at radius 3 is 2.48 bits per heavy atom. The zero-order valence-electron chi connectivity index (χ0n) is 18.3. The summed E-state index contributed by atoms with van der Waals surface area (Å²) < 4.78 is 23.2. The second-order valence-electron chi connectivity index (χ2n) is 6.94. The molecule has 1 aromatic heterocycles. The zero-order chi connectivity index (χ0) is 22.2. The Bertz CT molecular complexity index is 1050. The molecular formula is C25H27NO5. The molecule has 1 heterocycles. The Balaban J connectivity index is 1.80. The molecule has 0 bridgehead atoms. The van der Waals surface area contributed by atoms with Gasteiger partial charge in [-0.05, 0) is 48.9 Å². The van der Waals surface area contributed by atoms with Crippen molar-refractivity contribution in [2.75, 3.05) is 28.1 Å². The number of benzene rings is 2. The molecule has 31 heavy (non-hydrogen) atoms. The first-order valence-corrected chi connectivity index (χ1v) is 9.88. The van der Waals surface area contributed by atoms with Crippen LogP contribution in [0, 0.1) is 6.92 Å². The quantitative estimate of drug-likeness (QED) is 0.350. The van der Waals surface area contributed by atoms with Crippen LogP contribution in [-0.2, 0) is 11.3 Å². The average Bonchev–Trinajstić information content (AvgIpc) is 3.17. The molecule has 0 fully saturated rings. The first-order chi connectivity index (χ1) is 15.1. The van der Waals surface area contributed by atoms with Gasteiger partial charge in [-0.1, -0.05) is 24.3 Å². The number of ether oxygens (including phenoxy) is 4. The first-order valence-electron chi connectivity index (χ1n) is 9.88. The molecule has 0 radical (unpaired) electrons. The standard InChI is InChI=1S/C25H27NO5/c1-18-15-22(24(27)19-10-12-21(29-3)13-11-19)26(16-18)14-6-8-20-7-5-9-23(25(20)30-4)31-17-28-2/h5-13,15-16H,14,17H2,1-4H3. The van der Waals surface area contributed by atoms with Gasteiger partial charge in [0.05, 0.1) is 19.9 Å². The van der Waals surface area contributed by atoms with Crippen LogP contribution in [0.4, 0.5) is 0 Å². The highest BCUT2D eigenvalue weighted by atomic mass is 16.7. The minimum absolute atomic E-state index is 0.0308. The number of rotatable bonds is 10. The van der Waals surface area contributed by atoms with E-state index in [-0.39, 0.29) is 12.6 Å². The van der Waals surface area contributed by atoms with E-state index in [1.807, 2.05) is 54.1 Å². The van der Waals surface area contributed by atoms with E-state index >= 15 is 0 Å². The molecule has 0 spiro atoms. The van der Waals surface area contributed by atoms with Gasteiger partial charge in [0.25, 0.3) is 0 Å². The fourth-order valence-corrected chi connectivity index (χ4v) is 3.30. The van der Waals surface area contributed by atoms with E-state index in [1.165, 1.54) is 0 Å². The number of carbonyl (C=O) groups is 1. The Hall–Kier alpha value is -3.51. The van der Waals surface area contributed by atoms with Gasteiger partial charge in [-0.25, -0.2) is 0 Å². The molecule has 0 saturated carbocycles. The number of hydrogen-bond acceptors (Lipinski definition) is 5. The van der Waals surface area contributed by atoms with Gasteiger partial charge < -0.3 is 23.5 Å². The largest absolute Gasteiger partial charge is 0.497 e. The van der Waals surface area contributed by atoms with Crippen LogP contribution in [0.25, 0.3) is 6.08 Å². The third-order valence-electron chi connectivity index (χ3n) is 4.76. The van der Waals surface area contributed by atoms with Crippen LogP contribution >= 0.6 is 0 Å². The van der Waals surface area contributed by atoms with E-state index in [4.69, 9.17) is 18.9 Å². The zero-order valence-corrected chi connectivity index (χ0v) is 18.3. The SMILES string of the molecule is COCOc1cccc(C=CCn2cc(C)cc2C(=O)c2ccc(OC)cc2)c1OC. The predicted molar refractivity (Wildman–Crippen MR) is 120 cm³/mol. The van der Waals surface area contributed by atoms with Crippen molar-refractivity contribution in [2.24, 2.45) is 0 Å². The monoisotopic (exact) mass is 421 g/mol. The number of methoxy groups -OCH3 is 3. The van der Waals surface area contributed by atoms with Gasteiger partial charge in [-0.15, -0.1) is 0 Å². The summed E-state index contributed by atoms with van der Waals surface area (Å²) in [5.74, 6) is 1.93. The maximum Gasteiger partial charge on any atom is 0.209 e. The molecule has 0 amide bonds. The molecule has 3 aromatic rings. The van der Waals surface area contributed by atoms with E-state index in [0.717, 1.165) is 16.9 Å².